The van der Waals surface area contributed by atoms with Crippen molar-refractivity contribution in [1.29, 1.82) is 0 Å². The monoisotopic (exact) mass is 424 g/mol. The first-order valence-electron chi connectivity index (χ1n) is 10.2. The third kappa shape index (κ3) is 4.16. The van der Waals surface area contributed by atoms with Crippen LogP contribution in [0.3, 0.4) is 0 Å². The van der Waals surface area contributed by atoms with Gasteiger partial charge in [0, 0.05) is 31.4 Å². The highest BCUT2D eigenvalue weighted by molar-refractivity contribution is 5.87. The molecule has 0 saturated carbocycles. The zero-order chi connectivity index (χ0) is 22.5. The largest absolute Gasteiger partial charge is 0.496 e. The fourth-order valence-corrected chi connectivity index (χ4v) is 3.43. The van der Waals surface area contributed by atoms with E-state index in [0.29, 0.717) is 17.4 Å². The van der Waals surface area contributed by atoms with Crippen LogP contribution in [0.4, 0.5) is 11.5 Å². The number of rotatable bonds is 6. The molecule has 0 radical (unpaired) electrons. The van der Waals surface area contributed by atoms with Gasteiger partial charge in [-0.1, -0.05) is 60.7 Å². The number of benzene rings is 3. The Morgan fingerprint density at radius 2 is 1.53 bits per heavy atom. The van der Waals surface area contributed by atoms with Crippen LogP contribution < -0.4 is 15.2 Å². The standard InChI is InChI=1S/C26H24N4O2/c1-29(2)25-23(27-18-20-14-10-11-17-22(20)32-3)26(31)30(21-15-8-5-9-16-21)24(28-25)19-12-6-4-7-13-19/h4-18H,1-3H3. The summed E-state index contributed by atoms with van der Waals surface area (Å²) in [4.78, 5) is 25.1. The van der Waals surface area contributed by atoms with E-state index in [-0.39, 0.29) is 11.2 Å². The van der Waals surface area contributed by atoms with Gasteiger partial charge in [-0.3, -0.25) is 9.36 Å². The molecule has 6 nitrogen and oxygen atoms in total. The lowest BCUT2D eigenvalue weighted by atomic mass is 10.2. The van der Waals surface area contributed by atoms with Crippen LogP contribution >= 0.6 is 0 Å². The molecule has 1 aromatic heterocycles. The molecule has 0 atom stereocenters. The summed E-state index contributed by atoms with van der Waals surface area (Å²) in [5.41, 5.74) is 2.35. The van der Waals surface area contributed by atoms with Crippen molar-refractivity contribution in [3.63, 3.8) is 0 Å². The maximum Gasteiger partial charge on any atom is 0.286 e. The predicted molar refractivity (Wildman–Crippen MR) is 130 cm³/mol. The Kier molecular flexibility index (Phi) is 6.12. The Morgan fingerprint density at radius 1 is 0.906 bits per heavy atom. The summed E-state index contributed by atoms with van der Waals surface area (Å²) in [7, 11) is 5.31. The maximum atomic E-state index is 13.8. The van der Waals surface area contributed by atoms with Gasteiger partial charge in [0.15, 0.2) is 11.5 Å². The molecule has 32 heavy (non-hydrogen) atoms. The molecular formula is C26H24N4O2. The van der Waals surface area contributed by atoms with E-state index in [4.69, 9.17) is 9.72 Å². The molecule has 0 aliphatic rings. The van der Waals surface area contributed by atoms with Crippen molar-refractivity contribution < 1.29 is 4.74 Å². The molecule has 0 fully saturated rings. The van der Waals surface area contributed by atoms with Crippen molar-refractivity contribution in [2.45, 2.75) is 0 Å². The van der Waals surface area contributed by atoms with E-state index < -0.39 is 0 Å². The van der Waals surface area contributed by atoms with Crippen LogP contribution in [0.15, 0.2) is 94.7 Å². The topological polar surface area (TPSA) is 59.7 Å². The average Bonchev–Trinajstić information content (AvgIpc) is 2.84. The SMILES string of the molecule is COc1ccccc1C=Nc1c(N(C)C)nc(-c2ccccc2)n(-c2ccccc2)c1=O. The van der Waals surface area contributed by atoms with Gasteiger partial charge < -0.3 is 9.64 Å². The summed E-state index contributed by atoms with van der Waals surface area (Å²) < 4.78 is 7.02. The zero-order valence-electron chi connectivity index (χ0n) is 18.3. The molecule has 6 heteroatoms. The van der Waals surface area contributed by atoms with Gasteiger partial charge in [0.25, 0.3) is 5.56 Å². The van der Waals surface area contributed by atoms with Gasteiger partial charge in [0.05, 0.1) is 12.8 Å². The van der Waals surface area contributed by atoms with Crippen molar-refractivity contribution in [3.8, 4) is 22.8 Å². The van der Waals surface area contributed by atoms with Gasteiger partial charge >= 0.3 is 0 Å². The molecule has 0 saturated heterocycles. The number of methoxy groups -OCH3 is 1. The molecule has 0 amide bonds. The quantitative estimate of drug-likeness (QED) is 0.420. The Labute approximate surface area is 187 Å². The highest BCUT2D eigenvalue weighted by Crippen LogP contribution is 2.28. The minimum absolute atomic E-state index is 0.250. The summed E-state index contributed by atoms with van der Waals surface area (Å²) >= 11 is 0. The molecule has 0 aliphatic heterocycles. The minimum atomic E-state index is -0.250. The summed E-state index contributed by atoms with van der Waals surface area (Å²) in [6.07, 6.45) is 1.64. The minimum Gasteiger partial charge on any atom is -0.496 e. The molecule has 0 bridgehead atoms. The molecule has 0 N–H and O–H groups in total. The fraction of sp³-hybridized carbons (Fsp3) is 0.115. The van der Waals surface area contributed by atoms with Crippen molar-refractivity contribution in [1.82, 2.24) is 9.55 Å². The van der Waals surface area contributed by atoms with Gasteiger partial charge in [0.2, 0.25) is 0 Å². The number of hydrogen-bond acceptors (Lipinski definition) is 5. The smallest absolute Gasteiger partial charge is 0.286 e. The van der Waals surface area contributed by atoms with Crippen LogP contribution in [0, 0.1) is 0 Å². The van der Waals surface area contributed by atoms with Crippen LogP contribution in [0.2, 0.25) is 0 Å². The van der Waals surface area contributed by atoms with Gasteiger partial charge in [-0.05, 0) is 24.3 Å². The second-order valence-corrected chi connectivity index (χ2v) is 7.34. The van der Waals surface area contributed by atoms with Crippen molar-refractivity contribution >= 4 is 17.7 Å². The Hall–Kier alpha value is -4.19. The number of ether oxygens (including phenoxy) is 1. The van der Waals surface area contributed by atoms with E-state index in [1.165, 1.54) is 0 Å². The number of hydrogen-bond donors (Lipinski definition) is 0. The van der Waals surface area contributed by atoms with Crippen LogP contribution in [0.1, 0.15) is 5.56 Å². The van der Waals surface area contributed by atoms with Crippen LogP contribution in [-0.2, 0) is 0 Å². The first-order chi connectivity index (χ1) is 15.6. The highest BCUT2D eigenvalue weighted by atomic mass is 16.5. The van der Waals surface area contributed by atoms with E-state index >= 15 is 0 Å². The first kappa shape index (κ1) is 21.1. The van der Waals surface area contributed by atoms with Gasteiger partial charge in [0.1, 0.15) is 11.6 Å². The predicted octanol–water partition coefficient (Wildman–Crippen LogP) is 4.72. The van der Waals surface area contributed by atoms with E-state index in [0.717, 1.165) is 16.8 Å². The number of aliphatic imine (C=N–C) groups is 1. The number of anilines is 1. The van der Waals surface area contributed by atoms with Crippen molar-refractivity contribution in [3.05, 3.63) is 101 Å². The van der Waals surface area contributed by atoms with Crippen LogP contribution in [0.5, 0.6) is 5.75 Å². The molecule has 160 valence electrons. The summed E-state index contributed by atoms with van der Waals surface area (Å²) in [5, 5.41) is 0. The lowest BCUT2D eigenvalue weighted by Crippen LogP contribution is -2.25. The molecule has 4 aromatic rings. The summed E-state index contributed by atoms with van der Waals surface area (Å²) in [5.74, 6) is 1.73. The highest BCUT2D eigenvalue weighted by Gasteiger charge is 2.20. The maximum absolute atomic E-state index is 13.8. The summed E-state index contributed by atoms with van der Waals surface area (Å²) in [6.45, 7) is 0. The average molecular weight is 425 g/mol. The van der Waals surface area contributed by atoms with Gasteiger partial charge in [-0.15, -0.1) is 0 Å². The van der Waals surface area contributed by atoms with Crippen LogP contribution in [-0.4, -0.2) is 37.0 Å². The number of aromatic nitrogens is 2. The molecule has 0 aliphatic carbocycles. The Balaban J connectivity index is 1.98. The van der Waals surface area contributed by atoms with Crippen molar-refractivity contribution in [2.24, 2.45) is 4.99 Å². The molecule has 0 unspecified atom stereocenters. The fourth-order valence-electron chi connectivity index (χ4n) is 3.43. The second-order valence-electron chi connectivity index (χ2n) is 7.34. The molecule has 0 spiro atoms. The van der Waals surface area contributed by atoms with Crippen LogP contribution in [0.25, 0.3) is 17.1 Å². The van der Waals surface area contributed by atoms with Gasteiger partial charge in [-0.2, -0.15) is 0 Å². The van der Waals surface area contributed by atoms with E-state index in [1.807, 2.05) is 99.0 Å². The van der Waals surface area contributed by atoms with Crippen molar-refractivity contribution in [2.75, 3.05) is 26.1 Å². The van der Waals surface area contributed by atoms with E-state index in [1.54, 1.807) is 22.8 Å². The summed E-state index contributed by atoms with van der Waals surface area (Å²) in [6, 6.07) is 26.7. The first-order valence-corrected chi connectivity index (χ1v) is 10.2. The van der Waals surface area contributed by atoms with E-state index in [2.05, 4.69) is 4.99 Å². The zero-order valence-corrected chi connectivity index (χ0v) is 18.3. The molecule has 1 heterocycles. The lowest BCUT2D eigenvalue weighted by Gasteiger charge is -2.19. The number of nitrogens with zero attached hydrogens (tertiary/aromatic N) is 4. The molecule has 3 aromatic carbocycles. The Bertz CT molecular complexity index is 1300. The van der Waals surface area contributed by atoms with E-state index in [9.17, 15) is 4.79 Å². The third-order valence-electron chi connectivity index (χ3n) is 4.98. The lowest BCUT2D eigenvalue weighted by molar-refractivity contribution is 0.414. The Morgan fingerprint density at radius 3 is 2.19 bits per heavy atom. The second kappa shape index (κ2) is 9.31. The van der Waals surface area contributed by atoms with Gasteiger partial charge in [-0.25, -0.2) is 9.98 Å². The third-order valence-corrected chi connectivity index (χ3v) is 4.98. The molecular weight excluding hydrogens is 400 g/mol. The molecule has 4 rings (SSSR count). The number of para-hydroxylation sites is 2. The normalized spacial score (nSPS) is 11.0.